The molecule has 0 aromatic heterocycles. The van der Waals surface area contributed by atoms with Crippen LogP contribution < -0.4 is 26.6 Å². The van der Waals surface area contributed by atoms with Crippen LogP contribution in [0.5, 0.6) is 0 Å². The lowest BCUT2D eigenvalue weighted by molar-refractivity contribution is -0.128. The van der Waals surface area contributed by atoms with Crippen molar-refractivity contribution in [1.29, 1.82) is 0 Å². The van der Waals surface area contributed by atoms with E-state index in [-0.39, 0.29) is 41.9 Å². The van der Waals surface area contributed by atoms with Crippen LogP contribution in [0.25, 0.3) is 0 Å². The Morgan fingerprint density at radius 1 is 0.730 bits per heavy atom. The topological polar surface area (TPSA) is 145 Å². The van der Waals surface area contributed by atoms with Crippen LogP contribution >= 0.6 is 11.8 Å². The zero-order valence-electron chi connectivity index (χ0n) is 21.5. The predicted molar refractivity (Wildman–Crippen MR) is 144 cm³/mol. The summed E-state index contributed by atoms with van der Waals surface area (Å²) < 4.78 is 0. The molecule has 5 N–H and O–H groups in total. The third kappa shape index (κ3) is 13.3. The fraction of sp³-hybridized carbons (Fsp3) is 0.577. The molecule has 4 amide bonds. The molecule has 1 aromatic carbocycles. The molecule has 37 heavy (non-hydrogen) atoms. The van der Waals surface area contributed by atoms with Crippen LogP contribution in [0.15, 0.2) is 30.3 Å². The van der Waals surface area contributed by atoms with E-state index in [1.54, 1.807) is 30.3 Å². The van der Waals surface area contributed by atoms with Gasteiger partial charge in [0.15, 0.2) is 0 Å². The molecule has 0 unspecified atom stereocenters. The summed E-state index contributed by atoms with van der Waals surface area (Å²) in [5.41, 5.74) is 0.677. The van der Waals surface area contributed by atoms with Crippen LogP contribution in [0.3, 0.4) is 0 Å². The summed E-state index contributed by atoms with van der Waals surface area (Å²) in [6.45, 7) is 2.81. The molecule has 0 saturated heterocycles. The summed E-state index contributed by atoms with van der Waals surface area (Å²) in [7, 11) is 0. The van der Waals surface area contributed by atoms with Crippen molar-refractivity contribution >= 4 is 40.5 Å². The van der Waals surface area contributed by atoms with E-state index in [9.17, 15) is 24.0 Å². The average Bonchev–Trinajstić information content (AvgIpc) is 3.12. The molecule has 2 rings (SSSR count). The molecule has 11 heteroatoms. The van der Waals surface area contributed by atoms with Crippen LogP contribution in [-0.2, 0) is 19.2 Å². The van der Waals surface area contributed by atoms with Gasteiger partial charge >= 0.3 is 0 Å². The molecular weight excluding hydrogens is 494 g/mol. The monoisotopic (exact) mass is 533 g/mol. The van der Waals surface area contributed by atoms with Crippen LogP contribution in [0, 0.1) is 0 Å². The lowest BCUT2D eigenvalue weighted by Gasteiger charge is -2.29. The minimum absolute atomic E-state index is 0.119. The third-order valence-corrected chi connectivity index (χ3v) is 7.02. The second-order valence-corrected chi connectivity index (χ2v) is 10.3. The first kappa shape index (κ1) is 30.3. The van der Waals surface area contributed by atoms with Crippen molar-refractivity contribution in [3.05, 3.63) is 35.9 Å². The van der Waals surface area contributed by atoms with Gasteiger partial charge in [-0.25, -0.2) is 0 Å². The molecule has 0 spiro atoms. The first-order chi connectivity index (χ1) is 17.8. The summed E-state index contributed by atoms with van der Waals surface area (Å²) >= 11 is 0.844. The fourth-order valence-corrected chi connectivity index (χ4v) is 4.62. The summed E-state index contributed by atoms with van der Waals surface area (Å²) in [5.74, 6) is -1.95. The van der Waals surface area contributed by atoms with Crippen LogP contribution in [0.4, 0.5) is 0 Å². The molecule has 1 aliphatic carbocycles. The highest BCUT2D eigenvalue weighted by Crippen LogP contribution is 2.26. The maximum atomic E-state index is 12.0. The van der Waals surface area contributed by atoms with Crippen LogP contribution in [0.2, 0.25) is 0 Å². The maximum Gasteiger partial charge on any atom is 0.239 e. The molecule has 1 aromatic rings. The Labute approximate surface area is 222 Å². The largest absolute Gasteiger partial charge is 0.355 e. The summed E-state index contributed by atoms with van der Waals surface area (Å²) in [6.07, 6.45) is 8.29. The van der Waals surface area contributed by atoms with Gasteiger partial charge in [0.1, 0.15) is 0 Å². The number of carbonyl (C=O) groups excluding carboxylic acids is 5. The van der Waals surface area contributed by atoms with Crippen molar-refractivity contribution in [2.75, 3.05) is 38.5 Å². The summed E-state index contributed by atoms with van der Waals surface area (Å²) in [4.78, 5) is 59.5. The molecule has 0 radical (unpaired) electrons. The Morgan fingerprint density at radius 2 is 1.27 bits per heavy atom. The zero-order valence-corrected chi connectivity index (χ0v) is 22.3. The van der Waals surface area contributed by atoms with E-state index in [4.69, 9.17) is 0 Å². The molecule has 0 heterocycles. The van der Waals surface area contributed by atoms with Crippen molar-refractivity contribution in [3.63, 3.8) is 0 Å². The van der Waals surface area contributed by atoms with Gasteiger partial charge < -0.3 is 26.6 Å². The number of thioether (sulfide) groups is 1. The van der Waals surface area contributed by atoms with Crippen molar-refractivity contribution in [2.24, 2.45) is 0 Å². The minimum Gasteiger partial charge on any atom is -0.355 e. The molecule has 1 saturated carbocycles. The van der Waals surface area contributed by atoms with Crippen molar-refractivity contribution in [2.45, 2.75) is 57.4 Å². The second kappa shape index (κ2) is 16.8. The minimum atomic E-state index is -0.554. The Morgan fingerprint density at radius 3 is 1.86 bits per heavy atom. The molecule has 204 valence electrons. The van der Waals surface area contributed by atoms with Crippen LogP contribution in [0.1, 0.15) is 62.2 Å². The summed E-state index contributed by atoms with van der Waals surface area (Å²) in [6, 6.07) is 8.58. The molecule has 0 bridgehead atoms. The van der Waals surface area contributed by atoms with Gasteiger partial charge in [-0.1, -0.05) is 67.8 Å². The highest BCUT2D eigenvalue weighted by atomic mass is 32.2. The molecular formula is C26H39N5O5S. The lowest BCUT2D eigenvalue weighted by Crippen LogP contribution is -2.45. The van der Waals surface area contributed by atoms with Crippen molar-refractivity contribution < 1.29 is 24.0 Å². The fourth-order valence-electron chi connectivity index (χ4n) is 3.96. The highest BCUT2D eigenvalue weighted by molar-refractivity contribution is 8.14. The standard InChI is InChI=1S/C26H39N5O5S/c1-26(12-7-2-3-8-13-26)31-15-9-14-27-21(32)16-28-22(33)17-29-23(34)18-30-24(35)19-37-25(36)20-10-5-4-6-11-20/h4-6,10-11,31H,2-3,7-9,12-19H2,1H3,(H,27,32)(H,28,33)(H,29,34)(H,30,35). The van der Waals surface area contributed by atoms with Gasteiger partial charge in [0.2, 0.25) is 28.7 Å². The zero-order chi connectivity index (χ0) is 26.9. The molecule has 0 aliphatic heterocycles. The molecule has 1 fully saturated rings. The van der Waals surface area contributed by atoms with Gasteiger partial charge in [0.05, 0.1) is 25.4 Å². The summed E-state index contributed by atoms with van der Waals surface area (Å²) in [5, 5.41) is 13.4. The van der Waals surface area contributed by atoms with Crippen molar-refractivity contribution in [1.82, 2.24) is 26.6 Å². The van der Waals surface area contributed by atoms with E-state index in [1.165, 1.54) is 38.5 Å². The van der Waals surface area contributed by atoms with E-state index in [0.29, 0.717) is 12.1 Å². The normalized spacial score (nSPS) is 14.6. The molecule has 0 atom stereocenters. The number of amides is 4. The first-order valence-electron chi connectivity index (χ1n) is 12.8. The predicted octanol–water partition coefficient (Wildman–Crippen LogP) is 1.12. The van der Waals surface area contributed by atoms with E-state index in [1.807, 2.05) is 0 Å². The Hall–Kier alpha value is -2.92. The number of hydrogen-bond donors (Lipinski definition) is 5. The SMILES string of the molecule is CC1(NCCCNC(=O)CNC(=O)CNC(=O)CNC(=O)CSC(=O)c2ccccc2)CCCCCC1. The van der Waals surface area contributed by atoms with Gasteiger partial charge in [-0.3, -0.25) is 24.0 Å². The third-order valence-electron chi connectivity index (χ3n) is 6.12. The van der Waals surface area contributed by atoms with Gasteiger partial charge in [-0.2, -0.15) is 0 Å². The van der Waals surface area contributed by atoms with E-state index in [2.05, 4.69) is 33.5 Å². The average molecular weight is 534 g/mol. The smallest absolute Gasteiger partial charge is 0.239 e. The first-order valence-corrected chi connectivity index (χ1v) is 13.8. The Balaban J connectivity index is 1.47. The highest BCUT2D eigenvalue weighted by Gasteiger charge is 2.24. The number of hydrogen-bond acceptors (Lipinski definition) is 7. The number of rotatable bonds is 14. The molecule has 1 aliphatic rings. The van der Waals surface area contributed by atoms with Gasteiger partial charge in [0.25, 0.3) is 0 Å². The Kier molecular flexibility index (Phi) is 13.7. The van der Waals surface area contributed by atoms with Gasteiger partial charge in [-0.15, -0.1) is 0 Å². The second-order valence-electron chi connectivity index (χ2n) is 9.38. The van der Waals surface area contributed by atoms with Crippen molar-refractivity contribution in [3.8, 4) is 0 Å². The van der Waals surface area contributed by atoms with Gasteiger partial charge in [-0.05, 0) is 32.7 Å². The maximum absolute atomic E-state index is 12.0. The van der Waals surface area contributed by atoms with E-state index >= 15 is 0 Å². The quantitative estimate of drug-likeness (QED) is 0.178. The van der Waals surface area contributed by atoms with E-state index < -0.39 is 17.7 Å². The number of nitrogens with one attached hydrogen (secondary N) is 5. The van der Waals surface area contributed by atoms with Gasteiger partial charge in [0, 0.05) is 17.6 Å². The Bertz CT molecular complexity index is 904. The van der Waals surface area contributed by atoms with E-state index in [0.717, 1.165) is 24.7 Å². The van der Waals surface area contributed by atoms with Crippen LogP contribution in [-0.4, -0.2) is 72.8 Å². The molecule has 10 nitrogen and oxygen atoms in total. The number of carbonyl (C=O) groups is 5. The lowest BCUT2D eigenvalue weighted by atomic mass is 9.92. The number of benzene rings is 1.